The van der Waals surface area contributed by atoms with E-state index >= 15 is 0 Å². The number of anilines is 1. The number of halogens is 1. The van der Waals surface area contributed by atoms with Crippen molar-refractivity contribution >= 4 is 46.3 Å². The second kappa shape index (κ2) is 9.38. The molecule has 1 aromatic heterocycles. The molecule has 3 amide bonds. The summed E-state index contributed by atoms with van der Waals surface area (Å²) in [6.07, 6.45) is 0. The van der Waals surface area contributed by atoms with E-state index in [0.29, 0.717) is 33.6 Å². The smallest absolute Gasteiger partial charge is 0.262 e. The summed E-state index contributed by atoms with van der Waals surface area (Å²) >= 11 is 7.03. The van der Waals surface area contributed by atoms with Crippen LogP contribution < -0.4 is 10.6 Å². The van der Waals surface area contributed by atoms with E-state index in [1.54, 1.807) is 44.2 Å². The van der Waals surface area contributed by atoms with Crippen LogP contribution in [0.15, 0.2) is 30.3 Å². The minimum Gasteiger partial charge on any atom is -0.337 e. The number of nitrogens with zero attached hydrogens (tertiary/aromatic N) is 2. The summed E-state index contributed by atoms with van der Waals surface area (Å²) in [5.41, 5.74) is 0.843. The maximum absolute atomic E-state index is 12.8. The van der Waals surface area contributed by atoms with Crippen LogP contribution in [0.3, 0.4) is 0 Å². The van der Waals surface area contributed by atoms with Gasteiger partial charge >= 0.3 is 0 Å². The van der Waals surface area contributed by atoms with Crippen molar-refractivity contribution in [1.82, 2.24) is 15.1 Å². The standard InChI is InChI=1S/C22H27ClN4O3S/c1-14-13-15(5-6-16(14)20(29)27-11-9-26(4)10-12-27)24-21(30)22(2,3)25-19(28)17-7-8-18(23)31-17/h5-8,13H,9-12H2,1-4H3,(H,24,30)(H,25,28). The molecule has 9 heteroatoms. The molecule has 0 bridgehead atoms. The van der Waals surface area contributed by atoms with E-state index in [-0.39, 0.29) is 17.7 Å². The fourth-order valence-corrected chi connectivity index (χ4v) is 4.23. The first-order valence-corrected chi connectivity index (χ1v) is 11.2. The van der Waals surface area contributed by atoms with Crippen molar-refractivity contribution in [1.29, 1.82) is 0 Å². The number of piperazine rings is 1. The predicted molar refractivity (Wildman–Crippen MR) is 124 cm³/mol. The maximum atomic E-state index is 12.8. The van der Waals surface area contributed by atoms with Gasteiger partial charge in [0.05, 0.1) is 9.21 Å². The van der Waals surface area contributed by atoms with Crippen molar-refractivity contribution in [3.63, 3.8) is 0 Å². The number of hydrogen-bond acceptors (Lipinski definition) is 5. The number of rotatable bonds is 5. The van der Waals surface area contributed by atoms with Crippen LogP contribution in [-0.2, 0) is 4.79 Å². The highest BCUT2D eigenvalue weighted by Crippen LogP contribution is 2.23. The molecule has 3 rings (SSSR count). The number of benzene rings is 1. The van der Waals surface area contributed by atoms with Crippen molar-refractivity contribution in [3.8, 4) is 0 Å². The summed E-state index contributed by atoms with van der Waals surface area (Å²) in [5.74, 6) is -0.715. The predicted octanol–water partition coefficient (Wildman–Crippen LogP) is 3.24. The molecule has 2 aromatic rings. The molecule has 31 heavy (non-hydrogen) atoms. The van der Waals surface area contributed by atoms with E-state index in [9.17, 15) is 14.4 Å². The van der Waals surface area contributed by atoms with Crippen LogP contribution >= 0.6 is 22.9 Å². The first-order valence-electron chi connectivity index (χ1n) is 10.0. The summed E-state index contributed by atoms with van der Waals surface area (Å²) in [6.45, 7) is 8.25. The quantitative estimate of drug-likeness (QED) is 0.714. The minimum absolute atomic E-state index is 0.00526. The van der Waals surface area contributed by atoms with Gasteiger partial charge in [-0.1, -0.05) is 11.6 Å². The molecule has 7 nitrogen and oxygen atoms in total. The van der Waals surface area contributed by atoms with Crippen molar-refractivity contribution in [2.45, 2.75) is 26.3 Å². The van der Waals surface area contributed by atoms with Crippen LogP contribution in [-0.4, -0.2) is 66.3 Å². The largest absolute Gasteiger partial charge is 0.337 e. The highest BCUT2D eigenvalue weighted by molar-refractivity contribution is 7.18. The number of thiophene rings is 1. The third-order valence-corrected chi connectivity index (χ3v) is 6.53. The number of amides is 3. The third kappa shape index (κ3) is 5.64. The van der Waals surface area contributed by atoms with Gasteiger partial charge in [0.2, 0.25) is 5.91 Å². The lowest BCUT2D eigenvalue weighted by Gasteiger charge is -2.32. The second-order valence-corrected chi connectivity index (χ2v) is 9.98. The Morgan fingerprint density at radius 3 is 2.32 bits per heavy atom. The Balaban J connectivity index is 1.65. The lowest BCUT2D eigenvalue weighted by atomic mass is 10.0. The fraction of sp³-hybridized carbons (Fsp3) is 0.409. The molecule has 0 aliphatic carbocycles. The third-order valence-electron chi connectivity index (χ3n) is 5.30. The summed E-state index contributed by atoms with van der Waals surface area (Å²) in [4.78, 5) is 42.5. The molecule has 0 unspecified atom stereocenters. The number of nitrogens with one attached hydrogen (secondary N) is 2. The number of carbonyl (C=O) groups is 3. The first-order chi connectivity index (χ1) is 14.6. The fourth-order valence-electron chi connectivity index (χ4n) is 3.29. The van der Waals surface area contributed by atoms with E-state index in [0.717, 1.165) is 30.0 Å². The Morgan fingerprint density at radius 1 is 1.06 bits per heavy atom. The minimum atomic E-state index is -1.14. The van der Waals surface area contributed by atoms with Crippen LogP contribution in [0.2, 0.25) is 4.34 Å². The van der Waals surface area contributed by atoms with Gasteiger partial charge in [-0.25, -0.2) is 0 Å². The summed E-state index contributed by atoms with van der Waals surface area (Å²) in [5, 5.41) is 5.56. The van der Waals surface area contributed by atoms with Crippen LogP contribution in [0.4, 0.5) is 5.69 Å². The van der Waals surface area contributed by atoms with E-state index in [1.807, 2.05) is 18.9 Å². The first kappa shape index (κ1) is 23.2. The second-order valence-electron chi connectivity index (χ2n) is 8.26. The summed E-state index contributed by atoms with van der Waals surface area (Å²) < 4.78 is 0.508. The number of likely N-dealkylation sites (N-methyl/N-ethyl adjacent to an activating group) is 1. The van der Waals surface area contributed by atoms with Gasteiger partial charge in [-0.15, -0.1) is 11.3 Å². The molecule has 0 saturated carbocycles. The van der Waals surface area contributed by atoms with Crippen LogP contribution in [0.1, 0.15) is 39.4 Å². The summed E-state index contributed by atoms with van der Waals surface area (Å²) in [6, 6.07) is 8.49. The van der Waals surface area contributed by atoms with E-state index in [4.69, 9.17) is 11.6 Å². The zero-order valence-electron chi connectivity index (χ0n) is 18.1. The average molecular weight is 463 g/mol. The zero-order chi connectivity index (χ0) is 22.8. The molecule has 0 atom stereocenters. The Kier molecular flexibility index (Phi) is 7.03. The molecule has 1 fully saturated rings. The molecule has 2 heterocycles. The van der Waals surface area contributed by atoms with Crippen LogP contribution in [0.5, 0.6) is 0 Å². The normalized spacial score (nSPS) is 14.9. The molecular formula is C22H27ClN4O3S. The van der Waals surface area contributed by atoms with Crippen molar-refractivity contribution < 1.29 is 14.4 Å². The van der Waals surface area contributed by atoms with E-state index < -0.39 is 5.54 Å². The van der Waals surface area contributed by atoms with E-state index in [2.05, 4.69) is 15.5 Å². The van der Waals surface area contributed by atoms with Crippen molar-refractivity contribution in [2.75, 3.05) is 38.5 Å². The number of hydrogen-bond donors (Lipinski definition) is 2. The molecule has 1 aliphatic rings. The van der Waals surface area contributed by atoms with Gasteiger partial charge in [0.15, 0.2) is 0 Å². The molecule has 1 aliphatic heterocycles. The maximum Gasteiger partial charge on any atom is 0.262 e. The SMILES string of the molecule is Cc1cc(NC(=O)C(C)(C)NC(=O)c2ccc(Cl)s2)ccc1C(=O)N1CCN(C)CC1. The van der Waals surface area contributed by atoms with Crippen LogP contribution in [0, 0.1) is 6.92 Å². The van der Waals surface area contributed by atoms with Crippen molar-refractivity contribution in [2.24, 2.45) is 0 Å². The highest BCUT2D eigenvalue weighted by atomic mass is 35.5. The molecular weight excluding hydrogens is 436 g/mol. The van der Waals surface area contributed by atoms with Crippen molar-refractivity contribution in [3.05, 3.63) is 50.7 Å². The Bertz CT molecular complexity index is 996. The lowest BCUT2D eigenvalue weighted by Crippen LogP contribution is -2.52. The Hall–Kier alpha value is -2.42. The monoisotopic (exact) mass is 462 g/mol. The van der Waals surface area contributed by atoms with Gasteiger partial charge in [0.25, 0.3) is 11.8 Å². The average Bonchev–Trinajstić information content (AvgIpc) is 3.14. The van der Waals surface area contributed by atoms with Gasteiger partial charge in [-0.3, -0.25) is 14.4 Å². The summed E-state index contributed by atoms with van der Waals surface area (Å²) in [7, 11) is 2.05. The number of carbonyl (C=O) groups excluding carboxylic acids is 3. The number of aryl methyl sites for hydroxylation is 1. The van der Waals surface area contributed by atoms with E-state index in [1.165, 1.54) is 0 Å². The van der Waals surface area contributed by atoms with Gasteiger partial charge in [0.1, 0.15) is 5.54 Å². The van der Waals surface area contributed by atoms with Gasteiger partial charge in [-0.05, 0) is 63.7 Å². The molecule has 0 radical (unpaired) electrons. The molecule has 0 spiro atoms. The topological polar surface area (TPSA) is 81.8 Å². The van der Waals surface area contributed by atoms with Gasteiger partial charge < -0.3 is 20.4 Å². The highest BCUT2D eigenvalue weighted by Gasteiger charge is 2.30. The molecule has 2 N–H and O–H groups in total. The molecule has 166 valence electrons. The van der Waals surface area contributed by atoms with Gasteiger partial charge in [-0.2, -0.15) is 0 Å². The van der Waals surface area contributed by atoms with Crippen LogP contribution in [0.25, 0.3) is 0 Å². The molecule has 1 saturated heterocycles. The molecule has 1 aromatic carbocycles. The Labute approximate surface area is 191 Å². The van der Waals surface area contributed by atoms with Gasteiger partial charge in [0, 0.05) is 37.4 Å². The zero-order valence-corrected chi connectivity index (χ0v) is 19.7. The Morgan fingerprint density at radius 2 is 1.74 bits per heavy atom. The lowest BCUT2D eigenvalue weighted by molar-refractivity contribution is -0.120.